The van der Waals surface area contributed by atoms with Crippen LogP contribution in [0.15, 0.2) is 41.8 Å². The summed E-state index contributed by atoms with van der Waals surface area (Å²) in [5.41, 5.74) is 2.97. The van der Waals surface area contributed by atoms with Gasteiger partial charge < -0.3 is 19.4 Å². The van der Waals surface area contributed by atoms with Gasteiger partial charge in [0.15, 0.2) is 0 Å². The second-order valence-electron chi connectivity index (χ2n) is 6.90. The van der Waals surface area contributed by atoms with Gasteiger partial charge in [0.1, 0.15) is 11.4 Å². The molecule has 7 heteroatoms. The second kappa shape index (κ2) is 9.63. The minimum absolute atomic E-state index is 0.176. The van der Waals surface area contributed by atoms with Gasteiger partial charge in [0.05, 0.1) is 32.4 Å². The molecule has 0 aliphatic heterocycles. The first-order valence-corrected chi connectivity index (χ1v) is 10.6. The molecule has 3 aromatic rings. The van der Waals surface area contributed by atoms with Crippen LogP contribution in [0.2, 0.25) is 0 Å². The Hall–Kier alpha value is -3.06. The van der Waals surface area contributed by atoms with Crippen molar-refractivity contribution >= 4 is 23.2 Å². The maximum atomic E-state index is 13.5. The van der Waals surface area contributed by atoms with Crippen molar-refractivity contribution in [3.05, 3.63) is 74.7 Å². The van der Waals surface area contributed by atoms with Crippen molar-refractivity contribution in [2.24, 2.45) is 0 Å². The third kappa shape index (κ3) is 4.57. The molecule has 6 nitrogen and oxygen atoms in total. The van der Waals surface area contributed by atoms with Crippen LogP contribution in [0.25, 0.3) is 0 Å². The van der Waals surface area contributed by atoms with Gasteiger partial charge in [-0.15, -0.1) is 11.3 Å². The number of nitrogens with one attached hydrogen (secondary N) is 1. The molecule has 2 aromatic heterocycles. The fourth-order valence-electron chi connectivity index (χ4n) is 3.46. The Morgan fingerprint density at radius 3 is 2.53 bits per heavy atom. The van der Waals surface area contributed by atoms with Gasteiger partial charge >= 0.3 is 5.97 Å². The van der Waals surface area contributed by atoms with Crippen LogP contribution in [0.4, 0.5) is 0 Å². The number of carbonyl (C=O) groups is 2. The van der Waals surface area contributed by atoms with Crippen LogP contribution >= 0.6 is 11.3 Å². The minimum Gasteiger partial charge on any atom is -0.496 e. The van der Waals surface area contributed by atoms with Crippen molar-refractivity contribution in [2.75, 3.05) is 13.7 Å². The summed E-state index contributed by atoms with van der Waals surface area (Å²) in [6, 6.07) is 11.6. The molecule has 30 heavy (non-hydrogen) atoms. The molecule has 0 radical (unpaired) electrons. The molecular weight excluding hydrogens is 400 g/mol. The topological polar surface area (TPSA) is 71.6 Å². The molecule has 0 bridgehead atoms. The van der Waals surface area contributed by atoms with E-state index in [4.69, 9.17) is 9.47 Å². The molecular formula is C23H26N2O4S. The molecule has 1 N–H and O–H groups in total. The van der Waals surface area contributed by atoms with Crippen LogP contribution in [0.5, 0.6) is 5.75 Å². The van der Waals surface area contributed by atoms with Gasteiger partial charge in [-0.3, -0.25) is 4.79 Å². The number of carbonyl (C=O) groups excluding carboxylic acids is 2. The van der Waals surface area contributed by atoms with Crippen LogP contribution in [-0.2, 0) is 17.8 Å². The molecule has 0 aliphatic carbocycles. The first-order valence-electron chi connectivity index (χ1n) is 9.76. The standard InChI is InChI=1S/C23H26N2O4S/c1-5-29-23(27)20-15(2)21(24-16(20)3)22(26)25(14-18-10-8-12-30-18)13-17-9-6-7-11-19(17)28-4/h6-12,24H,5,13-14H2,1-4H3. The predicted octanol–water partition coefficient (Wildman–Crippen LogP) is 4.72. The van der Waals surface area contributed by atoms with Crippen molar-refractivity contribution in [2.45, 2.75) is 33.9 Å². The van der Waals surface area contributed by atoms with E-state index < -0.39 is 5.97 Å². The number of aryl methyl sites for hydroxylation is 1. The first-order chi connectivity index (χ1) is 14.5. The zero-order valence-electron chi connectivity index (χ0n) is 17.7. The van der Waals surface area contributed by atoms with E-state index in [1.165, 1.54) is 0 Å². The first kappa shape index (κ1) is 21.6. The molecule has 2 heterocycles. The van der Waals surface area contributed by atoms with Crippen molar-refractivity contribution in [1.82, 2.24) is 9.88 Å². The minimum atomic E-state index is -0.419. The highest BCUT2D eigenvalue weighted by Crippen LogP contribution is 2.25. The van der Waals surface area contributed by atoms with E-state index in [0.29, 0.717) is 35.6 Å². The van der Waals surface area contributed by atoms with E-state index in [-0.39, 0.29) is 12.5 Å². The van der Waals surface area contributed by atoms with Gasteiger partial charge in [0.2, 0.25) is 0 Å². The smallest absolute Gasteiger partial charge is 0.340 e. The lowest BCUT2D eigenvalue weighted by Crippen LogP contribution is -2.31. The Morgan fingerprint density at radius 2 is 1.87 bits per heavy atom. The van der Waals surface area contributed by atoms with Crippen LogP contribution in [0.3, 0.4) is 0 Å². The Morgan fingerprint density at radius 1 is 1.10 bits per heavy atom. The highest BCUT2D eigenvalue weighted by atomic mass is 32.1. The highest BCUT2D eigenvalue weighted by molar-refractivity contribution is 7.09. The summed E-state index contributed by atoms with van der Waals surface area (Å²) in [6.07, 6.45) is 0. The third-order valence-corrected chi connectivity index (χ3v) is 5.76. The average Bonchev–Trinajstić information content (AvgIpc) is 3.35. The van der Waals surface area contributed by atoms with E-state index in [2.05, 4.69) is 4.98 Å². The molecule has 3 rings (SSSR count). The highest BCUT2D eigenvalue weighted by Gasteiger charge is 2.27. The lowest BCUT2D eigenvalue weighted by Gasteiger charge is -2.23. The maximum Gasteiger partial charge on any atom is 0.340 e. The number of benzene rings is 1. The molecule has 158 valence electrons. The Balaban J connectivity index is 1.96. The van der Waals surface area contributed by atoms with Crippen LogP contribution in [0.1, 0.15) is 49.5 Å². The molecule has 0 spiro atoms. The number of rotatable bonds is 8. The Bertz CT molecular complexity index is 1020. The molecule has 0 fully saturated rings. The number of aromatic amines is 1. The van der Waals surface area contributed by atoms with E-state index in [1.807, 2.05) is 41.8 Å². The Kier molecular flexibility index (Phi) is 6.95. The Labute approximate surface area is 180 Å². The average molecular weight is 427 g/mol. The van der Waals surface area contributed by atoms with Gasteiger partial charge in [-0.05, 0) is 43.8 Å². The number of para-hydroxylation sites is 1. The zero-order chi connectivity index (χ0) is 21.7. The number of nitrogens with zero attached hydrogens (tertiary/aromatic N) is 1. The third-order valence-electron chi connectivity index (χ3n) is 4.90. The number of aromatic nitrogens is 1. The van der Waals surface area contributed by atoms with Crippen LogP contribution in [0, 0.1) is 13.8 Å². The quantitative estimate of drug-likeness (QED) is 0.529. The summed E-state index contributed by atoms with van der Waals surface area (Å²) in [7, 11) is 1.62. The molecule has 0 unspecified atom stereocenters. The van der Waals surface area contributed by atoms with E-state index in [0.717, 1.165) is 16.2 Å². The number of amides is 1. The largest absolute Gasteiger partial charge is 0.496 e. The van der Waals surface area contributed by atoms with Gasteiger partial charge in [-0.2, -0.15) is 0 Å². The molecule has 0 saturated heterocycles. The molecule has 0 aliphatic rings. The van der Waals surface area contributed by atoms with Crippen LogP contribution in [-0.4, -0.2) is 35.5 Å². The van der Waals surface area contributed by atoms with E-state index in [9.17, 15) is 9.59 Å². The number of hydrogen-bond acceptors (Lipinski definition) is 5. The van der Waals surface area contributed by atoms with Gasteiger partial charge in [0.25, 0.3) is 5.91 Å². The van der Waals surface area contributed by atoms with E-state index >= 15 is 0 Å². The normalized spacial score (nSPS) is 10.7. The van der Waals surface area contributed by atoms with Crippen molar-refractivity contribution in [3.63, 3.8) is 0 Å². The van der Waals surface area contributed by atoms with Crippen molar-refractivity contribution in [1.29, 1.82) is 0 Å². The molecule has 0 saturated carbocycles. The lowest BCUT2D eigenvalue weighted by atomic mass is 10.1. The van der Waals surface area contributed by atoms with Crippen LogP contribution < -0.4 is 4.74 Å². The number of hydrogen-bond donors (Lipinski definition) is 1. The van der Waals surface area contributed by atoms with Crippen molar-refractivity contribution < 1.29 is 19.1 Å². The van der Waals surface area contributed by atoms with E-state index in [1.54, 1.807) is 44.1 Å². The summed E-state index contributed by atoms with van der Waals surface area (Å²) in [4.78, 5) is 31.8. The summed E-state index contributed by atoms with van der Waals surface area (Å²) in [5.74, 6) is 0.135. The fraction of sp³-hybridized carbons (Fsp3) is 0.304. The summed E-state index contributed by atoms with van der Waals surface area (Å²) in [6.45, 7) is 6.44. The lowest BCUT2D eigenvalue weighted by molar-refractivity contribution is 0.0525. The number of thiophene rings is 1. The van der Waals surface area contributed by atoms with Crippen molar-refractivity contribution in [3.8, 4) is 5.75 Å². The molecule has 1 aromatic carbocycles. The fourth-order valence-corrected chi connectivity index (χ4v) is 4.18. The number of esters is 1. The zero-order valence-corrected chi connectivity index (χ0v) is 18.5. The summed E-state index contributed by atoms with van der Waals surface area (Å²) in [5, 5.41) is 1.99. The monoisotopic (exact) mass is 426 g/mol. The van der Waals surface area contributed by atoms with Gasteiger partial charge in [-0.1, -0.05) is 24.3 Å². The summed E-state index contributed by atoms with van der Waals surface area (Å²) >= 11 is 1.60. The number of ether oxygens (including phenoxy) is 2. The molecule has 1 amide bonds. The number of H-pyrrole nitrogens is 1. The summed E-state index contributed by atoms with van der Waals surface area (Å²) < 4.78 is 10.6. The molecule has 0 atom stereocenters. The maximum absolute atomic E-state index is 13.5. The van der Waals surface area contributed by atoms with Gasteiger partial charge in [0, 0.05) is 16.1 Å². The predicted molar refractivity (Wildman–Crippen MR) is 117 cm³/mol. The second-order valence-corrected chi connectivity index (χ2v) is 7.93. The SMILES string of the molecule is CCOC(=O)c1c(C)[nH]c(C(=O)N(Cc2cccs2)Cc2ccccc2OC)c1C. The van der Waals surface area contributed by atoms with Gasteiger partial charge in [-0.25, -0.2) is 4.79 Å². The number of methoxy groups -OCH3 is 1.